The van der Waals surface area contributed by atoms with Gasteiger partial charge in [-0.2, -0.15) is 0 Å². The molecule has 2 fully saturated rings. The number of carbonyl (C=O) groups excluding carboxylic acids is 3. The molecule has 2 aromatic rings. The molecule has 0 saturated carbocycles. The SMILES string of the molecule is CCC(OC(C)=O)C(C)C1O[C@](C(=O)OC)(C(C)(C)C(O)[C@@H]2C(O)[C@H](OC)OC(COCc3ccccc3)[C@@H]2OCc2ccccc2)C[C@@H](OC(C)=O)[C@H]1C. The van der Waals surface area contributed by atoms with Gasteiger partial charge in [-0.05, 0) is 17.5 Å². The molecular formula is C42H60O13. The Hall–Kier alpha value is -3.43. The summed E-state index contributed by atoms with van der Waals surface area (Å²) in [5, 5.41) is 24.8. The van der Waals surface area contributed by atoms with Crippen LogP contribution in [0.25, 0.3) is 0 Å². The van der Waals surface area contributed by atoms with Gasteiger partial charge in [-0.3, -0.25) is 9.59 Å². The molecular weight excluding hydrogens is 712 g/mol. The first kappa shape index (κ1) is 44.3. The van der Waals surface area contributed by atoms with E-state index in [0.717, 1.165) is 11.1 Å². The molecule has 0 aromatic heterocycles. The fourth-order valence-electron chi connectivity index (χ4n) is 8.20. The molecule has 0 radical (unpaired) electrons. The molecule has 2 aliphatic heterocycles. The van der Waals surface area contributed by atoms with E-state index < -0.39 is 95.7 Å². The number of hydrogen-bond donors (Lipinski definition) is 2. The van der Waals surface area contributed by atoms with Gasteiger partial charge in [0.05, 0.1) is 45.2 Å². The van der Waals surface area contributed by atoms with Crippen LogP contribution in [0.3, 0.4) is 0 Å². The molecule has 0 aliphatic carbocycles. The van der Waals surface area contributed by atoms with E-state index in [1.807, 2.05) is 81.4 Å². The van der Waals surface area contributed by atoms with Crippen LogP contribution in [-0.2, 0) is 65.5 Å². The molecule has 306 valence electrons. The molecule has 2 saturated heterocycles. The third kappa shape index (κ3) is 10.1. The van der Waals surface area contributed by atoms with Gasteiger partial charge in [0.1, 0.15) is 24.4 Å². The molecule has 6 unspecified atom stereocenters. The lowest BCUT2D eigenvalue weighted by Gasteiger charge is -2.57. The molecule has 0 bridgehead atoms. The summed E-state index contributed by atoms with van der Waals surface area (Å²) in [6.07, 6.45) is -8.05. The minimum absolute atomic E-state index is 0.0173. The zero-order valence-electron chi connectivity index (χ0n) is 33.5. The van der Waals surface area contributed by atoms with Crippen LogP contribution in [0.15, 0.2) is 60.7 Å². The van der Waals surface area contributed by atoms with Crippen LogP contribution in [0.1, 0.15) is 72.4 Å². The second-order valence-corrected chi connectivity index (χ2v) is 15.3. The summed E-state index contributed by atoms with van der Waals surface area (Å²) in [7, 11) is 2.61. The molecule has 13 nitrogen and oxygen atoms in total. The number of carbonyl (C=O) groups is 3. The Morgan fingerprint density at radius 2 is 1.56 bits per heavy atom. The number of aliphatic hydroxyl groups is 2. The highest BCUT2D eigenvalue weighted by Crippen LogP contribution is 2.52. The van der Waals surface area contributed by atoms with Crippen molar-refractivity contribution < 1.29 is 62.5 Å². The van der Waals surface area contributed by atoms with Gasteiger partial charge in [-0.25, -0.2) is 4.79 Å². The van der Waals surface area contributed by atoms with Crippen molar-refractivity contribution in [2.45, 2.75) is 129 Å². The van der Waals surface area contributed by atoms with Crippen LogP contribution in [0.5, 0.6) is 0 Å². The monoisotopic (exact) mass is 772 g/mol. The Kier molecular flexibility index (Phi) is 15.8. The predicted molar refractivity (Wildman–Crippen MR) is 200 cm³/mol. The molecule has 2 aliphatic rings. The largest absolute Gasteiger partial charge is 0.467 e. The van der Waals surface area contributed by atoms with Crippen molar-refractivity contribution in [1.82, 2.24) is 0 Å². The topological polar surface area (TPSA) is 166 Å². The number of benzene rings is 2. The number of ether oxygens (including phenoxy) is 8. The second kappa shape index (κ2) is 19.6. The Labute approximate surface area is 324 Å². The van der Waals surface area contributed by atoms with Gasteiger partial charge in [0.25, 0.3) is 0 Å². The number of hydrogen-bond acceptors (Lipinski definition) is 13. The Balaban J connectivity index is 1.80. The number of methoxy groups -OCH3 is 2. The van der Waals surface area contributed by atoms with Crippen molar-refractivity contribution in [3.05, 3.63) is 71.8 Å². The van der Waals surface area contributed by atoms with Crippen LogP contribution < -0.4 is 0 Å². The molecule has 4 rings (SSSR count). The fraction of sp³-hybridized carbons (Fsp3) is 0.643. The van der Waals surface area contributed by atoms with Crippen LogP contribution in [-0.4, -0.2) is 104 Å². The molecule has 0 amide bonds. The third-order valence-corrected chi connectivity index (χ3v) is 11.4. The predicted octanol–water partition coefficient (Wildman–Crippen LogP) is 4.77. The maximum absolute atomic E-state index is 14.3. The van der Waals surface area contributed by atoms with E-state index in [2.05, 4.69) is 0 Å². The van der Waals surface area contributed by atoms with Crippen molar-refractivity contribution in [3.8, 4) is 0 Å². The Bertz CT molecular complexity index is 1520. The lowest BCUT2D eigenvalue weighted by atomic mass is 9.60. The van der Waals surface area contributed by atoms with Gasteiger partial charge in [-0.15, -0.1) is 0 Å². The van der Waals surface area contributed by atoms with E-state index in [-0.39, 0.29) is 26.2 Å². The van der Waals surface area contributed by atoms with Gasteiger partial charge in [0.15, 0.2) is 11.9 Å². The first-order chi connectivity index (χ1) is 26.1. The lowest BCUT2D eigenvalue weighted by molar-refractivity contribution is -0.322. The van der Waals surface area contributed by atoms with Crippen molar-refractivity contribution in [2.24, 2.45) is 23.2 Å². The van der Waals surface area contributed by atoms with Crippen LogP contribution in [0.4, 0.5) is 0 Å². The summed E-state index contributed by atoms with van der Waals surface area (Å²) >= 11 is 0. The number of rotatable bonds is 17. The van der Waals surface area contributed by atoms with Gasteiger partial charge >= 0.3 is 17.9 Å². The van der Waals surface area contributed by atoms with E-state index in [1.54, 1.807) is 13.8 Å². The van der Waals surface area contributed by atoms with Gasteiger partial charge in [0, 0.05) is 50.5 Å². The fourth-order valence-corrected chi connectivity index (χ4v) is 8.20. The van der Waals surface area contributed by atoms with E-state index in [0.29, 0.717) is 6.42 Å². The maximum atomic E-state index is 14.3. The minimum atomic E-state index is -1.95. The lowest BCUT2D eigenvalue weighted by Crippen LogP contribution is -2.70. The van der Waals surface area contributed by atoms with E-state index in [1.165, 1.54) is 28.1 Å². The van der Waals surface area contributed by atoms with Crippen molar-refractivity contribution in [2.75, 3.05) is 20.8 Å². The molecule has 13 heteroatoms. The third-order valence-electron chi connectivity index (χ3n) is 11.4. The van der Waals surface area contributed by atoms with Gasteiger partial charge in [0.2, 0.25) is 0 Å². The summed E-state index contributed by atoms with van der Waals surface area (Å²) < 4.78 is 48.5. The van der Waals surface area contributed by atoms with E-state index in [9.17, 15) is 24.6 Å². The molecule has 12 atom stereocenters. The quantitative estimate of drug-likeness (QED) is 0.167. The smallest absolute Gasteiger partial charge is 0.338 e. The highest BCUT2D eigenvalue weighted by molar-refractivity contribution is 5.81. The average Bonchev–Trinajstić information content (AvgIpc) is 3.17. The highest BCUT2D eigenvalue weighted by atomic mass is 16.7. The molecule has 2 N–H and O–H groups in total. The zero-order chi connectivity index (χ0) is 40.5. The van der Waals surface area contributed by atoms with Gasteiger partial charge < -0.3 is 48.1 Å². The number of aliphatic hydroxyl groups excluding tert-OH is 2. The molecule has 55 heavy (non-hydrogen) atoms. The van der Waals surface area contributed by atoms with Crippen LogP contribution in [0, 0.1) is 23.2 Å². The first-order valence-electron chi connectivity index (χ1n) is 19.0. The van der Waals surface area contributed by atoms with E-state index >= 15 is 0 Å². The second-order valence-electron chi connectivity index (χ2n) is 15.3. The number of esters is 3. The first-order valence-corrected chi connectivity index (χ1v) is 19.0. The summed E-state index contributed by atoms with van der Waals surface area (Å²) in [5.41, 5.74) is -1.75. The summed E-state index contributed by atoms with van der Waals surface area (Å²) in [5.74, 6) is -3.94. The van der Waals surface area contributed by atoms with Crippen LogP contribution >= 0.6 is 0 Å². The van der Waals surface area contributed by atoms with Crippen molar-refractivity contribution >= 4 is 17.9 Å². The van der Waals surface area contributed by atoms with Crippen molar-refractivity contribution in [3.63, 3.8) is 0 Å². The van der Waals surface area contributed by atoms with Crippen LogP contribution in [0.2, 0.25) is 0 Å². The van der Waals surface area contributed by atoms with Gasteiger partial charge in [-0.1, -0.05) is 95.3 Å². The highest BCUT2D eigenvalue weighted by Gasteiger charge is 2.66. The average molecular weight is 773 g/mol. The molecule has 0 spiro atoms. The van der Waals surface area contributed by atoms with E-state index in [4.69, 9.17) is 37.9 Å². The normalized spacial score (nSPS) is 30.1. The zero-order valence-corrected chi connectivity index (χ0v) is 33.5. The summed E-state index contributed by atoms with van der Waals surface area (Å²) in [4.78, 5) is 39.0. The van der Waals surface area contributed by atoms with Crippen molar-refractivity contribution in [1.29, 1.82) is 0 Å². The Morgan fingerprint density at radius 1 is 0.964 bits per heavy atom. The molecule has 2 heterocycles. The minimum Gasteiger partial charge on any atom is -0.467 e. The molecule has 2 aromatic carbocycles. The summed E-state index contributed by atoms with van der Waals surface area (Å²) in [6, 6.07) is 19.0. The Morgan fingerprint density at radius 3 is 2.09 bits per heavy atom. The maximum Gasteiger partial charge on any atom is 0.338 e. The summed E-state index contributed by atoms with van der Waals surface area (Å²) in [6.45, 7) is 11.9. The standard InChI is InChI=1S/C42H60O13/c1-10-31(52-27(4)43)25(2)36-26(3)32(53-28(5)44)21-42(55-36,40(47)49-9)41(6,7)38(46)34-35(45)39(48-8)54-33(24-50-22-29-17-13-11-14-18-29)37(34)51-23-30-19-15-12-16-20-30/h11-20,25-26,31-39,45-46H,10,21-24H2,1-9H3/t25?,26-,31?,32-,33?,34-,35?,36?,37+,38?,39-,42-/m1/s1.